The minimum absolute atomic E-state index is 0.604. The molecule has 17 heavy (non-hydrogen) atoms. The summed E-state index contributed by atoms with van der Waals surface area (Å²) in [7, 11) is 0. The van der Waals surface area contributed by atoms with Gasteiger partial charge in [0.05, 0.1) is 6.67 Å². The molecule has 4 nitrogen and oxygen atoms in total. The third kappa shape index (κ3) is 3.45. The van der Waals surface area contributed by atoms with Crippen LogP contribution in [0.5, 0.6) is 0 Å². The minimum atomic E-state index is 0.604. The number of nitrogens with one attached hydrogen (secondary N) is 2. The fourth-order valence-electron chi connectivity index (χ4n) is 1.49. The Balaban J connectivity index is 1.87. The number of hydrogen-bond donors (Lipinski definition) is 2. The Hall–Kier alpha value is -2.10. The van der Waals surface area contributed by atoms with Crippen LogP contribution in [-0.4, -0.2) is 16.6 Å². The molecule has 0 unspecified atom stereocenters. The zero-order chi connectivity index (χ0) is 12.1. The zero-order valence-electron chi connectivity index (χ0n) is 10.1. The van der Waals surface area contributed by atoms with Gasteiger partial charge in [-0.1, -0.05) is 0 Å². The van der Waals surface area contributed by atoms with E-state index in [1.807, 2.05) is 38.1 Å². The molecule has 0 bridgehead atoms. The molecule has 88 valence electrons. The normalized spacial score (nSPS) is 10.0. The van der Waals surface area contributed by atoms with Gasteiger partial charge in [-0.3, -0.25) is 0 Å². The van der Waals surface area contributed by atoms with Gasteiger partial charge in [0.1, 0.15) is 11.6 Å². The van der Waals surface area contributed by atoms with Gasteiger partial charge in [0, 0.05) is 12.4 Å². The van der Waals surface area contributed by atoms with Crippen LogP contribution in [0.25, 0.3) is 0 Å². The maximum atomic E-state index is 4.22. The molecular weight excluding hydrogens is 212 g/mol. The van der Waals surface area contributed by atoms with E-state index in [2.05, 4.69) is 20.6 Å². The molecule has 2 heterocycles. The molecule has 4 heteroatoms. The molecule has 0 atom stereocenters. The Labute approximate surface area is 101 Å². The largest absolute Gasteiger partial charge is 0.353 e. The SMILES string of the molecule is Cc1ccnc(NCNc2cc(C)ccn2)c1. The summed E-state index contributed by atoms with van der Waals surface area (Å²) >= 11 is 0. The highest BCUT2D eigenvalue weighted by Gasteiger charge is 1.95. The van der Waals surface area contributed by atoms with Crippen molar-refractivity contribution in [1.29, 1.82) is 0 Å². The summed E-state index contributed by atoms with van der Waals surface area (Å²) < 4.78 is 0. The standard InChI is InChI=1S/C13H16N4/c1-10-3-5-14-12(7-10)16-9-17-13-8-11(2)4-6-15-13/h3-8H,9H2,1-2H3,(H,14,16)(H,15,17). The van der Waals surface area contributed by atoms with E-state index < -0.39 is 0 Å². The van der Waals surface area contributed by atoms with Gasteiger partial charge < -0.3 is 10.6 Å². The van der Waals surface area contributed by atoms with Gasteiger partial charge >= 0.3 is 0 Å². The molecule has 0 aromatic carbocycles. The summed E-state index contributed by atoms with van der Waals surface area (Å²) in [6, 6.07) is 7.96. The molecule has 0 radical (unpaired) electrons. The Kier molecular flexibility index (Phi) is 3.55. The molecule has 0 aliphatic rings. The molecule has 0 spiro atoms. The van der Waals surface area contributed by atoms with Crippen LogP contribution in [0.3, 0.4) is 0 Å². The Morgan fingerprint density at radius 3 is 1.76 bits per heavy atom. The van der Waals surface area contributed by atoms with E-state index >= 15 is 0 Å². The summed E-state index contributed by atoms with van der Waals surface area (Å²) in [6.07, 6.45) is 3.59. The van der Waals surface area contributed by atoms with Gasteiger partial charge in [0.2, 0.25) is 0 Å². The highest BCUT2D eigenvalue weighted by Crippen LogP contribution is 2.07. The number of aromatic nitrogens is 2. The van der Waals surface area contributed by atoms with Gasteiger partial charge in [-0.2, -0.15) is 0 Å². The highest BCUT2D eigenvalue weighted by molar-refractivity contribution is 5.41. The quantitative estimate of drug-likeness (QED) is 0.790. The van der Waals surface area contributed by atoms with Crippen LogP contribution >= 0.6 is 0 Å². The summed E-state index contributed by atoms with van der Waals surface area (Å²) in [5.41, 5.74) is 2.38. The third-order valence-electron chi connectivity index (χ3n) is 2.37. The van der Waals surface area contributed by atoms with Crippen LogP contribution in [0, 0.1) is 13.8 Å². The first-order chi connectivity index (χ1) is 8.24. The maximum absolute atomic E-state index is 4.22. The number of aryl methyl sites for hydroxylation is 2. The fraction of sp³-hybridized carbons (Fsp3) is 0.231. The van der Waals surface area contributed by atoms with Gasteiger partial charge in [0.25, 0.3) is 0 Å². The van der Waals surface area contributed by atoms with Gasteiger partial charge in [0.15, 0.2) is 0 Å². The lowest BCUT2D eigenvalue weighted by Gasteiger charge is -2.08. The lowest BCUT2D eigenvalue weighted by Crippen LogP contribution is -2.13. The number of pyridine rings is 2. The summed E-state index contributed by atoms with van der Waals surface area (Å²) in [6.45, 7) is 4.69. The van der Waals surface area contributed by atoms with E-state index in [1.165, 1.54) is 11.1 Å². The first kappa shape index (κ1) is 11.4. The van der Waals surface area contributed by atoms with E-state index in [1.54, 1.807) is 12.4 Å². The molecule has 0 fully saturated rings. The predicted octanol–water partition coefficient (Wildman–Crippen LogP) is 2.57. The second-order valence-corrected chi connectivity index (χ2v) is 3.97. The Morgan fingerprint density at radius 1 is 0.882 bits per heavy atom. The smallest absolute Gasteiger partial charge is 0.127 e. The van der Waals surface area contributed by atoms with Crippen LogP contribution in [0.1, 0.15) is 11.1 Å². The van der Waals surface area contributed by atoms with Crippen molar-refractivity contribution < 1.29 is 0 Å². The number of rotatable bonds is 4. The molecule has 0 amide bonds. The third-order valence-corrected chi connectivity index (χ3v) is 2.37. The van der Waals surface area contributed by atoms with Crippen LogP contribution in [0.15, 0.2) is 36.7 Å². The van der Waals surface area contributed by atoms with Gasteiger partial charge in [-0.25, -0.2) is 9.97 Å². The summed E-state index contributed by atoms with van der Waals surface area (Å²) in [5, 5.41) is 6.38. The van der Waals surface area contributed by atoms with Crippen LogP contribution in [0.2, 0.25) is 0 Å². The van der Waals surface area contributed by atoms with Crippen molar-refractivity contribution in [2.24, 2.45) is 0 Å². The predicted molar refractivity (Wildman–Crippen MR) is 70.1 cm³/mol. The van der Waals surface area contributed by atoms with Gasteiger partial charge in [-0.15, -0.1) is 0 Å². The van der Waals surface area contributed by atoms with E-state index in [4.69, 9.17) is 0 Å². The summed E-state index contributed by atoms with van der Waals surface area (Å²) in [4.78, 5) is 8.43. The van der Waals surface area contributed by atoms with E-state index in [0.29, 0.717) is 6.67 Å². The molecule has 2 aromatic rings. The lowest BCUT2D eigenvalue weighted by molar-refractivity contribution is 1.12. The molecule has 0 aliphatic heterocycles. The molecule has 0 aliphatic carbocycles. The summed E-state index contributed by atoms with van der Waals surface area (Å²) in [5.74, 6) is 1.73. The molecule has 0 saturated heterocycles. The van der Waals surface area contributed by atoms with E-state index in [0.717, 1.165) is 11.6 Å². The monoisotopic (exact) mass is 228 g/mol. The first-order valence-electron chi connectivity index (χ1n) is 5.57. The number of hydrogen-bond acceptors (Lipinski definition) is 4. The number of nitrogens with zero attached hydrogens (tertiary/aromatic N) is 2. The topological polar surface area (TPSA) is 49.8 Å². The van der Waals surface area contributed by atoms with Crippen LogP contribution < -0.4 is 10.6 Å². The first-order valence-corrected chi connectivity index (χ1v) is 5.57. The molecule has 0 saturated carbocycles. The molecule has 2 aromatic heterocycles. The Bertz CT molecular complexity index is 451. The van der Waals surface area contributed by atoms with E-state index in [9.17, 15) is 0 Å². The molecule has 2 rings (SSSR count). The van der Waals surface area contributed by atoms with Crippen molar-refractivity contribution in [3.05, 3.63) is 47.8 Å². The zero-order valence-corrected chi connectivity index (χ0v) is 10.1. The van der Waals surface area contributed by atoms with Crippen molar-refractivity contribution in [2.75, 3.05) is 17.3 Å². The number of anilines is 2. The average Bonchev–Trinajstić information content (AvgIpc) is 2.29. The maximum Gasteiger partial charge on any atom is 0.127 e. The average molecular weight is 228 g/mol. The van der Waals surface area contributed by atoms with Gasteiger partial charge in [-0.05, 0) is 49.2 Å². The van der Waals surface area contributed by atoms with Crippen molar-refractivity contribution in [1.82, 2.24) is 9.97 Å². The van der Waals surface area contributed by atoms with E-state index in [-0.39, 0.29) is 0 Å². The van der Waals surface area contributed by atoms with Crippen molar-refractivity contribution in [3.8, 4) is 0 Å². The molecule has 2 N–H and O–H groups in total. The van der Waals surface area contributed by atoms with Crippen molar-refractivity contribution in [3.63, 3.8) is 0 Å². The minimum Gasteiger partial charge on any atom is -0.353 e. The second kappa shape index (κ2) is 5.30. The van der Waals surface area contributed by atoms with Crippen molar-refractivity contribution in [2.45, 2.75) is 13.8 Å². The van der Waals surface area contributed by atoms with Crippen molar-refractivity contribution >= 4 is 11.6 Å². The Morgan fingerprint density at radius 2 is 1.35 bits per heavy atom. The highest BCUT2D eigenvalue weighted by atomic mass is 15.1. The lowest BCUT2D eigenvalue weighted by atomic mass is 10.3. The van der Waals surface area contributed by atoms with Crippen LogP contribution in [0.4, 0.5) is 11.6 Å². The fourth-order valence-corrected chi connectivity index (χ4v) is 1.49. The molecular formula is C13H16N4. The van der Waals surface area contributed by atoms with Crippen LogP contribution in [-0.2, 0) is 0 Å². The second-order valence-electron chi connectivity index (χ2n) is 3.97.